The lowest BCUT2D eigenvalue weighted by molar-refractivity contribution is -0.137. The first kappa shape index (κ1) is 20.3. The Bertz CT molecular complexity index is 790. The summed E-state index contributed by atoms with van der Waals surface area (Å²) in [6.07, 6.45) is -4.56. The number of amides is 1. The molecule has 27 heavy (non-hydrogen) atoms. The largest absolute Gasteiger partial charge is 0.462 e. The quantitative estimate of drug-likeness (QED) is 0.702. The zero-order valence-corrected chi connectivity index (χ0v) is 14.6. The Balaban J connectivity index is 1.86. The maximum atomic E-state index is 12.9. The molecule has 0 aromatic heterocycles. The summed E-state index contributed by atoms with van der Waals surface area (Å²) < 4.78 is 43.6. The minimum absolute atomic E-state index is 0.0220. The predicted octanol–water partition coefficient (Wildman–Crippen LogP) is 4.32. The summed E-state index contributed by atoms with van der Waals surface area (Å²) in [5, 5.41) is 5.25. The second-order valence-corrected chi connectivity index (χ2v) is 5.57. The van der Waals surface area contributed by atoms with Gasteiger partial charge in [-0.1, -0.05) is 12.1 Å². The fourth-order valence-corrected chi connectivity index (χ4v) is 2.31. The van der Waals surface area contributed by atoms with Crippen LogP contribution in [0.2, 0.25) is 0 Å². The van der Waals surface area contributed by atoms with Gasteiger partial charge in [0.15, 0.2) is 0 Å². The number of carbonyl (C=O) groups is 2. The molecule has 0 radical (unpaired) electrons. The molecule has 0 saturated carbocycles. The fraction of sp³-hybridized carbons (Fsp3) is 0.263. The van der Waals surface area contributed by atoms with E-state index >= 15 is 0 Å². The Morgan fingerprint density at radius 3 is 2.33 bits per heavy atom. The van der Waals surface area contributed by atoms with Gasteiger partial charge < -0.3 is 15.4 Å². The van der Waals surface area contributed by atoms with E-state index in [0.29, 0.717) is 11.3 Å². The SMILES string of the molecule is CCOC(=O)c1ccc(NCCC(=O)Nc2ccccc2C(F)(F)F)cc1. The molecule has 0 spiro atoms. The fourth-order valence-electron chi connectivity index (χ4n) is 2.31. The van der Waals surface area contributed by atoms with E-state index in [0.717, 1.165) is 6.07 Å². The molecule has 8 heteroatoms. The van der Waals surface area contributed by atoms with Crippen LogP contribution < -0.4 is 10.6 Å². The third-order valence-electron chi connectivity index (χ3n) is 3.58. The number of benzene rings is 2. The number of alkyl halides is 3. The van der Waals surface area contributed by atoms with Gasteiger partial charge in [0.1, 0.15) is 0 Å². The number of esters is 1. The molecule has 0 bridgehead atoms. The minimum atomic E-state index is -4.54. The molecule has 1 amide bonds. The number of carbonyl (C=O) groups excluding carboxylic acids is 2. The summed E-state index contributed by atoms with van der Waals surface area (Å²) in [6.45, 7) is 2.22. The summed E-state index contributed by atoms with van der Waals surface area (Å²) >= 11 is 0. The smallest absolute Gasteiger partial charge is 0.418 e. The van der Waals surface area contributed by atoms with Gasteiger partial charge >= 0.3 is 12.1 Å². The van der Waals surface area contributed by atoms with E-state index in [4.69, 9.17) is 4.74 Å². The first-order valence-electron chi connectivity index (χ1n) is 8.28. The zero-order valence-electron chi connectivity index (χ0n) is 14.6. The van der Waals surface area contributed by atoms with E-state index in [1.165, 1.54) is 18.2 Å². The number of rotatable bonds is 7. The van der Waals surface area contributed by atoms with Crippen molar-refractivity contribution in [1.82, 2.24) is 0 Å². The Morgan fingerprint density at radius 2 is 1.70 bits per heavy atom. The third kappa shape index (κ3) is 6.02. The van der Waals surface area contributed by atoms with E-state index in [9.17, 15) is 22.8 Å². The molecule has 0 heterocycles. The molecule has 144 valence electrons. The average molecular weight is 380 g/mol. The summed E-state index contributed by atoms with van der Waals surface area (Å²) in [5.74, 6) is -0.964. The van der Waals surface area contributed by atoms with Crippen LogP contribution >= 0.6 is 0 Å². The molecule has 0 atom stereocenters. The van der Waals surface area contributed by atoms with Crippen LogP contribution in [0.25, 0.3) is 0 Å². The second-order valence-electron chi connectivity index (χ2n) is 5.57. The molecule has 0 aliphatic rings. The molecular formula is C19H19F3N2O3. The van der Waals surface area contributed by atoms with Gasteiger partial charge in [0.2, 0.25) is 5.91 Å². The van der Waals surface area contributed by atoms with Crippen LogP contribution in [-0.4, -0.2) is 25.0 Å². The molecule has 2 aromatic rings. The average Bonchev–Trinajstić information content (AvgIpc) is 2.62. The molecular weight excluding hydrogens is 361 g/mol. The highest BCUT2D eigenvalue weighted by Crippen LogP contribution is 2.34. The molecule has 0 aliphatic carbocycles. The summed E-state index contributed by atoms with van der Waals surface area (Å²) in [7, 11) is 0. The molecule has 0 fully saturated rings. The van der Waals surface area contributed by atoms with Gasteiger partial charge in [-0.2, -0.15) is 13.2 Å². The Hall–Kier alpha value is -3.03. The minimum Gasteiger partial charge on any atom is -0.462 e. The third-order valence-corrected chi connectivity index (χ3v) is 3.58. The van der Waals surface area contributed by atoms with Crippen LogP contribution in [0.5, 0.6) is 0 Å². The lowest BCUT2D eigenvalue weighted by Crippen LogP contribution is -2.19. The molecule has 2 N–H and O–H groups in total. The zero-order chi connectivity index (χ0) is 19.9. The van der Waals surface area contributed by atoms with E-state index in [1.54, 1.807) is 31.2 Å². The van der Waals surface area contributed by atoms with Crippen molar-refractivity contribution in [2.75, 3.05) is 23.8 Å². The van der Waals surface area contributed by atoms with Crippen LogP contribution in [0.15, 0.2) is 48.5 Å². The normalized spacial score (nSPS) is 11.0. The monoisotopic (exact) mass is 380 g/mol. The van der Waals surface area contributed by atoms with E-state index in [1.807, 2.05) is 0 Å². The van der Waals surface area contributed by atoms with E-state index in [2.05, 4.69) is 10.6 Å². The second kappa shape index (κ2) is 9.07. The highest BCUT2D eigenvalue weighted by Gasteiger charge is 2.33. The predicted molar refractivity (Wildman–Crippen MR) is 95.6 cm³/mol. The van der Waals surface area contributed by atoms with Crippen LogP contribution in [0, 0.1) is 0 Å². The Morgan fingerprint density at radius 1 is 1.04 bits per heavy atom. The number of para-hydroxylation sites is 1. The van der Waals surface area contributed by atoms with Crippen molar-refractivity contribution in [2.45, 2.75) is 19.5 Å². The number of nitrogens with one attached hydrogen (secondary N) is 2. The van der Waals surface area contributed by atoms with Crippen molar-refractivity contribution in [3.8, 4) is 0 Å². The first-order valence-corrected chi connectivity index (χ1v) is 8.28. The van der Waals surface area contributed by atoms with E-state index < -0.39 is 23.6 Å². The van der Waals surface area contributed by atoms with Crippen molar-refractivity contribution in [1.29, 1.82) is 0 Å². The maximum Gasteiger partial charge on any atom is 0.418 e. The Kier molecular flexibility index (Phi) is 6.81. The highest BCUT2D eigenvalue weighted by atomic mass is 19.4. The van der Waals surface area contributed by atoms with Gasteiger partial charge in [-0.3, -0.25) is 4.79 Å². The number of anilines is 2. The summed E-state index contributed by atoms with van der Waals surface area (Å²) in [6, 6.07) is 11.3. The highest BCUT2D eigenvalue weighted by molar-refractivity contribution is 5.92. The van der Waals surface area contributed by atoms with Crippen molar-refractivity contribution < 1.29 is 27.5 Å². The topological polar surface area (TPSA) is 67.4 Å². The van der Waals surface area contributed by atoms with Gasteiger partial charge in [0, 0.05) is 18.7 Å². The number of hydrogen-bond donors (Lipinski definition) is 2. The maximum absolute atomic E-state index is 12.9. The van der Waals surface area contributed by atoms with Gasteiger partial charge in [-0.15, -0.1) is 0 Å². The van der Waals surface area contributed by atoms with Gasteiger partial charge in [0.05, 0.1) is 23.4 Å². The van der Waals surface area contributed by atoms with Gasteiger partial charge in [-0.05, 0) is 43.3 Å². The molecule has 0 saturated heterocycles. The summed E-state index contributed by atoms with van der Waals surface area (Å²) in [4.78, 5) is 23.5. The first-order chi connectivity index (χ1) is 12.8. The van der Waals surface area contributed by atoms with Crippen LogP contribution in [0.1, 0.15) is 29.3 Å². The van der Waals surface area contributed by atoms with Crippen LogP contribution in [-0.2, 0) is 15.7 Å². The van der Waals surface area contributed by atoms with Crippen molar-refractivity contribution in [3.05, 3.63) is 59.7 Å². The van der Waals surface area contributed by atoms with Gasteiger partial charge in [-0.25, -0.2) is 4.79 Å². The van der Waals surface area contributed by atoms with Crippen LogP contribution in [0.3, 0.4) is 0 Å². The van der Waals surface area contributed by atoms with Crippen molar-refractivity contribution in [2.24, 2.45) is 0 Å². The van der Waals surface area contributed by atoms with Crippen molar-refractivity contribution in [3.63, 3.8) is 0 Å². The summed E-state index contributed by atoms with van der Waals surface area (Å²) in [5.41, 5.74) is -0.0786. The molecule has 0 aliphatic heterocycles. The number of ether oxygens (including phenoxy) is 1. The lowest BCUT2D eigenvalue weighted by Gasteiger charge is -2.13. The number of hydrogen-bond acceptors (Lipinski definition) is 4. The lowest BCUT2D eigenvalue weighted by atomic mass is 10.1. The molecule has 2 rings (SSSR count). The van der Waals surface area contributed by atoms with Gasteiger partial charge in [0.25, 0.3) is 0 Å². The van der Waals surface area contributed by atoms with E-state index in [-0.39, 0.29) is 25.3 Å². The standard InChI is InChI=1S/C19H19F3N2O3/c1-2-27-18(26)13-7-9-14(10-8-13)23-12-11-17(25)24-16-6-4-3-5-15(16)19(20,21)22/h3-10,23H,2,11-12H2,1H3,(H,24,25). The Labute approximate surface area is 154 Å². The molecule has 2 aromatic carbocycles. The van der Waals surface area contributed by atoms with Crippen molar-refractivity contribution >= 4 is 23.3 Å². The number of halogens is 3. The molecule has 0 unspecified atom stereocenters. The molecule has 5 nitrogen and oxygen atoms in total. The van der Waals surface area contributed by atoms with Crippen LogP contribution in [0.4, 0.5) is 24.5 Å².